The van der Waals surface area contributed by atoms with Crippen molar-refractivity contribution in [2.45, 2.75) is 56.3 Å². The van der Waals surface area contributed by atoms with Gasteiger partial charge in [-0.3, -0.25) is 4.90 Å². The number of hydrogen-bond acceptors (Lipinski definition) is 4. The molecule has 5 fully saturated rings. The average Bonchev–Trinajstić information content (AvgIpc) is 2.68. The molecule has 4 aliphatic carbocycles. The molecule has 1 aromatic rings. The van der Waals surface area contributed by atoms with Crippen molar-refractivity contribution in [1.29, 1.82) is 0 Å². The van der Waals surface area contributed by atoms with Crippen LogP contribution in [0, 0.1) is 23.6 Å². The van der Waals surface area contributed by atoms with Crippen LogP contribution in [0.1, 0.15) is 50.2 Å². The lowest BCUT2D eigenvalue weighted by molar-refractivity contribution is -0.177. The van der Waals surface area contributed by atoms with Gasteiger partial charge >= 0.3 is 0 Å². The maximum absolute atomic E-state index is 13.9. The standard InChI is InChI=1S/C23H30Cl2FNO3/c24-19-7-20(25)21(26)6-18(19)22-12-27(1-2-29-22)11-17(28)13-30-23-8-14-3-15(9-23)5-16(4-14)10-23/h6-7,14-17,22,28H,1-5,8-13H2. The minimum Gasteiger partial charge on any atom is -0.389 e. The number of aliphatic hydroxyl groups is 1. The monoisotopic (exact) mass is 457 g/mol. The highest BCUT2D eigenvalue weighted by atomic mass is 35.5. The van der Waals surface area contributed by atoms with Crippen molar-refractivity contribution in [1.82, 2.24) is 4.90 Å². The van der Waals surface area contributed by atoms with E-state index in [2.05, 4.69) is 4.90 Å². The summed E-state index contributed by atoms with van der Waals surface area (Å²) in [6.07, 6.45) is 6.78. The number of aliphatic hydroxyl groups excluding tert-OH is 1. The Morgan fingerprint density at radius 1 is 1.13 bits per heavy atom. The van der Waals surface area contributed by atoms with Crippen LogP contribution >= 0.6 is 23.2 Å². The van der Waals surface area contributed by atoms with Gasteiger partial charge < -0.3 is 14.6 Å². The summed E-state index contributed by atoms with van der Waals surface area (Å²) in [4.78, 5) is 2.14. The van der Waals surface area contributed by atoms with Crippen LogP contribution in [0.25, 0.3) is 0 Å². The molecule has 1 saturated heterocycles. The summed E-state index contributed by atoms with van der Waals surface area (Å²) >= 11 is 12.1. The summed E-state index contributed by atoms with van der Waals surface area (Å²) in [5.41, 5.74) is 0.611. The Morgan fingerprint density at radius 3 is 2.47 bits per heavy atom. The highest BCUT2D eigenvalue weighted by Gasteiger charge is 2.51. The van der Waals surface area contributed by atoms with Gasteiger partial charge in [0.2, 0.25) is 0 Å². The molecule has 6 rings (SSSR count). The molecule has 30 heavy (non-hydrogen) atoms. The maximum Gasteiger partial charge on any atom is 0.142 e. The van der Waals surface area contributed by atoms with Gasteiger partial charge in [0.05, 0.1) is 36.0 Å². The highest BCUT2D eigenvalue weighted by molar-refractivity contribution is 6.35. The molecule has 0 amide bonds. The van der Waals surface area contributed by atoms with E-state index in [1.807, 2.05) is 0 Å². The van der Waals surface area contributed by atoms with Crippen LogP contribution < -0.4 is 0 Å². The fourth-order valence-corrected chi connectivity index (χ4v) is 7.18. The molecule has 4 bridgehead atoms. The lowest BCUT2D eigenvalue weighted by Crippen LogP contribution is -2.53. The maximum atomic E-state index is 13.9. The van der Waals surface area contributed by atoms with Crippen molar-refractivity contribution < 1.29 is 19.0 Å². The second-order valence-electron chi connectivity index (χ2n) is 9.97. The Hall–Kier alpha value is -0.430. The molecule has 166 valence electrons. The first-order valence-corrected chi connectivity index (χ1v) is 11.9. The van der Waals surface area contributed by atoms with E-state index in [0.29, 0.717) is 36.9 Å². The topological polar surface area (TPSA) is 41.9 Å². The van der Waals surface area contributed by atoms with Crippen molar-refractivity contribution in [2.75, 3.05) is 32.8 Å². The van der Waals surface area contributed by atoms with Crippen LogP contribution in [-0.2, 0) is 9.47 Å². The van der Waals surface area contributed by atoms with Crippen molar-refractivity contribution in [2.24, 2.45) is 17.8 Å². The largest absolute Gasteiger partial charge is 0.389 e. The summed E-state index contributed by atoms with van der Waals surface area (Å²) < 4.78 is 26.2. The predicted octanol–water partition coefficient (Wildman–Crippen LogP) is 4.85. The molecule has 0 spiro atoms. The van der Waals surface area contributed by atoms with E-state index in [9.17, 15) is 9.50 Å². The summed E-state index contributed by atoms with van der Waals surface area (Å²) in [5, 5.41) is 11.1. The second kappa shape index (κ2) is 8.49. The molecule has 7 heteroatoms. The third kappa shape index (κ3) is 4.39. The Morgan fingerprint density at radius 2 is 1.80 bits per heavy atom. The number of benzene rings is 1. The molecular weight excluding hydrogens is 428 g/mol. The van der Waals surface area contributed by atoms with E-state index in [-0.39, 0.29) is 16.7 Å². The molecule has 2 unspecified atom stereocenters. The first-order valence-electron chi connectivity index (χ1n) is 11.2. The van der Waals surface area contributed by atoms with Crippen molar-refractivity contribution >= 4 is 23.2 Å². The van der Waals surface area contributed by atoms with E-state index >= 15 is 0 Å². The fraction of sp³-hybridized carbons (Fsp3) is 0.739. The molecule has 4 saturated carbocycles. The van der Waals surface area contributed by atoms with Crippen LogP contribution in [0.2, 0.25) is 10.0 Å². The van der Waals surface area contributed by atoms with Crippen molar-refractivity contribution in [3.05, 3.63) is 33.6 Å². The normalized spacial score (nSPS) is 36.9. The number of rotatable bonds is 6. The van der Waals surface area contributed by atoms with Crippen LogP contribution in [0.3, 0.4) is 0 Å². The molecule has 5 aliphatic rings. The van der Waals surface area contributed by atoms with E-state index in [4.69, 9.17) is 32.7 Å². The molecule has 1 heterocycles. The summed E-state index contributed by atoms with van der Waals surface area (Å²) in [6, 6.07) is 2.77. The minimum absolute atomic E-state index is 0.00802. The zero-order chi connectivity index (χ0) is 20.9. The van der Waals surface area contributed by atoms with E-state index in [1.165, 1.54) is 50.7 Å². The Balaban J connectivity index is 1.16. The van der Waals surface area contributed by atoms with Gasteiger partial charge in [0.15, 0.2) is 0 Å². The van der Waals surface area contributed by atoms with Crippen LogP contribution in [0.15, 0.2) is 12.1 Å². The van der Waals surface area contributed by atoms with E-state index in [0.717, 1.165) is 24.3 Å². The number of halogens is 3. The van der Waals surface area contributed by atoms with Gasteiger partial charge in [-0.2, -0.15) is 0 Å². The van der Waals surface area contributed by atoms with Gasteiger partial charge in [0, 0.05) is 30.2 Å². The average molecular weight is 458 g/mol. The second-order valence-corrected chi connectivity index (χ2v) is 10.8. The first kappa shape index (κ1) is 21.4. The molecule has 0 aromatic heterocycles. The quantitative estimate of drug-likeness (QED) is 0.619. The number of ether oxygens (including phenoxy) is 2. The smallest absolute Gasteiger partial charge is 0.142 e. The van der Waals surface area contributed by atoms with Gasteiger partial charge in [-0.25, -0.2) is 4.39 Å². The number of hydrogen-bond donors (Lipinski definition) is 1. The predicted molar refractivity (Wildman–Crippen MR) is 114 cm³/mol. The van der Waals surface area contributed by atoms with Gasteiger partial charge in [-0.15, -0.1) is 0 Å². The Bertz CT molecular complexity index is 757. The molecule has 1 aliphatic heterocycles. The van der Waals surface area contributed by atoms with Gasteiger partial charge in [-0.1, -0.05) is 23.2 Å². The SMILES string of the molecule is OC(COC12CC3CC(CC(C3)C1)C2)CN1CCOC(c2cc(F)c(Cl)cc2Cl)C1. The Labute approximate surface area is 187 Å². The molecule has 4 nitrogen and oxygen atoms in total. The minimum atomic E-state index is -0.547. The van der Waals surface area contributed by atoms with Crippen LogP contribution in [-0.4, -0.2) is 54.6 Å². The van der Waals surface area contributed by atoms with E-state index in [1.54, 1.807) is 0 Å². The summed E-state index contributed by atoms with van der Waals surface area (Å²) in [6.45, 7) is 2.67. The zero-order valence-corrected chi connectivity index (χ0v) is 18.7. The molecule has 1 aromatic carbocycles. The summed E-state index contributed by atoms with van der Waals surface area (Å²) in [7, 11) is 0. The molecule has 2 atom stereocenters. The molecule has 0 radical (unpaired) electrons. The zero-order valence-electron chi connectivity index (χ0n) is 17.2. The van der Waals surface area contributed by atoms with Gasteiger partial charge in [0.1, 0.15) is 5.82 Å². The van der Waals surface area contributed by atoms with Gasteiger partial charge in [0.25, 0.3) is 0 Å². The van der Waals surface area contributed by atoms with Crippen LogP contribution in [0.5, 0.6) is 0 Å². The fourth-order valence-electron chi connectivity index (χ4n) is 6.67. The van der Waals surface area contributed by atoms with Gasteiger partial charge in [-0.05, 0) is 68.4 Å². The molecule has 1 N–H and O–H groups in total. The Kier molecular flexibility index (Phi) is 6.06. The van der Waals surface area contributed by atoms with Crippen molar-refractivity contribution in [3.63, 3.8) is 0 Å². The van der Waals surface area contributed by atoms with Crippen molar-refractivity contribution in [3.8, 4) is 0 Å². The number of morpholine rings is 1. The highest BCUT2D eigenvalue weighted by Crippen LogP contribution is 2.57. The number of β-amino-alcohol motifs (C(OH)–C–C–N with tert-alkyl or cyclic N) is 1. The molecular formula is C23H30Cl2FNO3. The number of nitrogens with zero attached hydrogens (tertiary/aromatic N) is 1. The lowest BCUT2D eigenvalue weighted by Gasteiger charge is -2.56. The van der Waals surface area contributed by atoms with E-state index < -0.39 is 11.9 Å². The third-order valence-electron chi connectivity index (χ3n) is 7.57. The van der Waals surface area contributed by atoms with Crippen LogP contribution in [0.4, 0.5) is 4.39 Å². The summed E-state index contributed by atoms with van der Waals surface area (Å²) in [5.74, 6) is 1.99. The first-order chi connectivity index (χ1) is 14.4. The third-order valence-corrected chi connectivity index (χ3v) is 8.19. The lowest BCUT2D eigenvalue weighted by atomic mass is 9.54.